The number of aromatic nitrogens is 1. The van der Waals surface area contributed by atoms with Gasteiger partial charge < -0.3 is 14.8 Å². The fraction of sp³-hybridized carbons (Fsp3) is 0.188. The first-order chi connectivity index (χ1) is 19.0. The van der Waals surface area contributed by atoms with E-state index in [0.717, 1.165) is 16.7 Å². The molecule has 0 aliphatic carbocycles. The number of nitrogens with zero attached hydrogens (tertiary/aromatic N) is 2. The topological polar surface area (TPSA) is 101 Å². The van der Waals surface area contributed by atoms with E-state index in [4.69, 9.17) is 9.47 Å². The van der Waals surface area contributed by atoms with Gasteiger partial charge in [-0.2, -0.15) is 5.26 Å². The lowest BCUT2D eigenvalue weighted by Crippen LogP contribution is -2.15. The van der Waals surface area contributed by atoms with Crippen LogP contribution in [-0.4, -0.2) is 29.9 Å². The largest absolute Gasteiger partial charge is 0.490 e. The Labute approximate surface area is 228 Å². The van der Waals surface area contributed by atoms with Crippen molar-refractivity contribution in [3.8, 4) is 40.0 Å². The van der Waals surface area contributed by atoms with E-state index in [9.17, 15) is 14.9 Å². The van der Waals surface area contributed by atoms with Crippen molar-refractivity contribution >= 4 is 17.5 Å². The maximum atomic E-state index is 12.9. The molecule has 4 aromatic rings. The number of ketones is 1. The molecule has 0 radical (unpaired) electrons. The van der Waals surface area contributed by atoms with E-state index in [0.29, 0.717) is 47.4 Å². The van der Waals surface area contributed by atoms with E-state index < -0.39 is 0 Å². The summed E-state index contributed by atoms with van der Waals surface area (Å²) in [5, 5.41) is 12.4. The van der Waals surface area contributed by atoms with Gasteiger partial charge >= 0.3 is 0 Å². The lowest BCUT2D eigenvalue weighted by Gasteiger charge is -2.13. The number of nitrogens with one attached hydrogen (secondary N) is 1. The Morgan fingerprint density at radius 3 is 2.28 bits per heavy atom. The molecule has 0 saturated heterocycles. The molecule has 1 amide bonds. The number of carbonyl (C=O) groups is 2. The van der Waals surface area contributed by atoms with Crippen LogP contribution in [0.25, 0.3) is 22.4 Å². The quantitative estimate of drug-likeness (QED) is 0.222. The minimum Gasteiger partial charge on any atom is -0.490 e. The number of hydrogen-bond acceptors (Lipinski definition) is 6. The smallest absolute Gasteiger partial charge is 0.225 e. The van der Waals surface area contributed by atoms with Crippen molar-refractivity contribution < 1.29 is 19.1 Å². The first-order valence-corrected chi connectivity index (χ1v) is 12.8. The number of rotatable bonds is 11. The van der Waals surface area contributed by atoms with Crippen molar-refractivity contribution in [3.05, 3.63) is 96.1 Å². The average Bonchev–Trinajstić information content (AvgIpc) is 2.97. The van der Waals surface area contributed by atoms with E-state index >= 15 is 0 Å². The number of anilines is 1. The summed E-state index contributed by atoms with van der Waals surface area (Å²) in [7, 11) is 0. The highest BCUT2D eigenvalue weighted by molar-refractivity contribution is 6.00. The summed E-state index contributed by atoms with van der Waals surface area (Å²) in [4.78, 5) is 30.4. The Balaban J connectivity index is 1.53. The van der Waals surface area contributed by atoms with Crippen LogP contribution in [0, 0.1) is 11.3 Å². The Hall–Kier alpha value is -4.96. The van der Waals surface area contributed by atoms with E-state index in [2.05, 4.69) is 16.4 Å². The molecule has 0 bridgehead atoms. The summed E-state index contributed by atoms with van der Waals surface area (Å²) in [5.41, 5.74) is 4.00. The second-order valence-electron chi connectivity index (χ2n) is 8.65. The average molecular weight is 520 g/mol. The number of amides is 1. The number of nitriles is 1. The summed E-state index contributed by atoms with van der Waals surface area (Å²) in [6.07, 6.45) is 0.00521. The monoisotopic (exact) mass is 519 g/mol. The van der Waals surface area contributed by atoms with Crippen molar-refractivity contribution in [1.82, 2.24) is 4.98 Å². The highest BCUT2D eigenvalue weighted by atomic mass is 16.5. The molecule has 7 heteroatoms. The minimum absolute atomic E-state index is 0.0165. The van der Waals surface area contributed by atoms with Crippen molar-refractivity contribution in [2.24, 2.45) is 0 Å². The molecular formula is C32H29N3O4. The van der Waals surface area contributed by atoms with E-state index in [1.807, 2.05) is 68.4 Å². The van der Waals surface area contributed by atoms with Crippen molar-refractivity contribution in [3.63, 3.8) is 0 Å². The molecule has 4 rings (SSSR count). The molecule has 1 aromatic heterocycles. The lowest BCUT2D eigenvalue weighted by atomic mass is 9.99. The van der Waals surface area contributed by atoms with Crippen LogP contribution < -0.4 is 14.8 Å². The third kappa shape index (κ3) is 6.88. The fourth-order valence-electron chi connectivity index (χ4n) is 4.14. The van der Waals surface area contributed by atoms with Crippen LogP contribution in [0.2, 0.25) is 0 Å². The zero-order valence-electron chi connectivity index (χ0n) is 21.9. The van der Waals surface area contributed by atoms with Gasteiger partial charge in [0.2, 0.25) is 5.91 Å². The van der Waals surface area contributed by atoms with E-state index in [1.165, 1.54) is 0 Å². The third-order valence-corrected chi connectivity index (χ3v) is 5.97. The van der Waals surface area contributed by atoms with Crippen LogP contribution in [0.3, 0.4) is 0 Å². The molecule has 3 aromatic carbocycles. The standard InChI is InChI=1S/C32H29N3O4/c1-3-38-29-16-14-23(19-30(29)39-4-2)28(36)15-17-32(37)35-31-20-25(26-13-9-8-12-24(26)21-33)18-27(34-31)22-10-6-5-7-11-22/h5-14,16,18-20H,3-4,15,17H2,1-2H3,(H,34,35,37). The van der Waals surface area contributed by atoms with Gasteiger partial charge in [-0.3, -0.25) is 9.59 Å². The van der Waals surface area contributed by atoms with Crippen LogP contribution in [0.15, 0.2) is 84.9 Å². The van der Waals surface area contributed by atoms with Gasteiger partial charge in [-0.05, 0) is 61.4 Å². The molecule has 0 saturated carbocycles. The molecule has 7 nitrogen and oxygen atoms in total. The Kier molecular flexibility index (Phi) is 9.04. The van der Waals surface area contributed by atoms with Gasteiger partial charge in [0.1, 0.15) is 5.82 Å². The number of ether oxygens (including phenoxy) is 2. The highest BCUT2D eigenvalue weighted by Gasteiger charge is 2.15. The Bertz CT molecular complexity index is 1510. The van der Waals surface area contributed by atoms with E-state index in [1.54, 1.807) is 30.3 Å². The molecule has 0 spiro atoms. The maximum Gasteiger partial charge on any atom is 0.225 e. The lowest BCUT2D eigenvalue weighted by molar-refractivity contribution is -0.116. The number of benzene rings is 3. The fourth-order valence-corrected chi connectivity index (χ4v) is 4.14. The zero-order chi connectivity index (χ0) is 27.6. The molecule has 0 atom stereocenters. The van der Waals surface area contributed by atoms with Crippen molar-refractivity contribution in [2.75, 3.05) is 18.5 Å². The maximum absolute atomic E-state index is 12.9. The number of carbonyl (C=O) groups excluding carboxylic acids is 2. The summed E-state index contributed by atoms with van der Waals surface area (Å²) >= 11 is 0. The molecular weight excluding hydrogens is 490 g/mol. The van der Waals surface area contributed by atoms with Crippen LogP contribution >= 0.6 is 0 Å². The molecule has 0 unspecified atom stereocenters. The van der Waals surface area contributed by atoms with Crippen molar-refractivity contribution in [1.29, 1.82) is 5.26 Å². The van der Waals surface area contributed by atoms with E-state index in [-0.39, 0.29) is 24.5 Å². The first-order valence-electron chi connectivity index (χ1n) is 12.8. The van der Waals surface area contributed by atoms with Gasteiger partial charge in [0.15, 0.2) is 17.3 Å². The van der Waals surface area contributed by atoms with Crippen molar-refractivity contribution in [2.45, 2.75) is 26.7 Å². The molecule has 1 N–H and O–H groups in total. The third-order valence-electron chi connectivity index (χ3n) is 5.97. The van der Waals surface area contributed by atoms with Gasteiger partial charge in [-0.25, -0.2) is 4.98 Å². The SMILES string of the molecule is CCOc1ccc(C(=O)CCC(=O)Nc2cc(-c3ccccc3C#N)cc(-c3ccccc3)n2)cc1OCC. The van der Waals surface area contributed by atoms with Gasteiger partial charge in [0.05, 0.1) is 30.5 Å². The molecule has 1 heterocycles. The van der Waals surface area contributed by atoms with Crippen LogP contribution in [0.5, 0.6) is 11.5 Å². The number of Topliss-reactive ketones (excluding diaryl/α,β-unsaturated/α-hetero) is 1. The highest BCUT2D eigenvalue weighted by Crippen LogP contribution is 2.31. The summed E-state index contributed by atoms with van der Waals surface area (Å²) in [5.74, 6) is 0.908. The molecule has 196 valence electrons. The molecule has 0 aliphatic heterocycles. The summed E-state index contributed by atoms with van der Waals surface area (Å²) in [6.45, 7) is 4.66. The Morgan fingerprint density at radius 1 is 0.821 bits per heavy atom. The summed E-state index contributed by atoms with van der Waals surface area (Å²) in [6, 6.07) is 27.8. The molecule has 0 aliphatic rings. The van der Waals surface area contributed by atoms with Gasteiger partial charge in [-0.15, -0.1) is 0 Å². The Morgan fingerprint density at radius 2 is 1.54 bits per heavy atom. The second-order valence-corrected chi connectivity index (χ2v) is 8.65. The zero-order valence-corrected chi connectivity index (χ0v) is 21.9. The molecule has 39 heavy (non-hydrogen) atoms. The number of hydrogen-bond donors (Lipinski definition) is 1. The van der Waals surface area contributed by atoms with Crippen LogP contribution in [0.4, 0.5) is 5.82 Å². The van der Waals surface area contributed by atoms with Gasteiger partial charge in [0.25, 0.3) is 0 Å². The number of pyridine rings is 1. The summed E-state index contributed by atoms with van der Waals surface area (Å²) < 4.78 is 11.2. The van der Waals surface area contributed by atoms with Crippen LogP contribution in [0.1, 0.15) is 42.6 Å². The van der Waals surface area contributed by atoms with Gasteiger partial charge in [0, 0.05) is 24.0 Å². The molecule has 0 fully saturated rings. The predicted molar refractivity (Wildman–Crippen MR) is 151 cm³/mol. The predicted octanol–water partition coefficient (Wildman–Crippen LogP) is 6.69. The van der Waals surface area contributed by atoms with Gasteiger partial charge in [-0.1, -0.05) is 48.5 Å². The van der Waals surface area contributed by atoms with Crippen LogP contribution in [-0.2, 0) is 4.79 Å². The first kappa shape index (κ1) is 27.1. The minimum atomic E-state index is -0.337. The second kappa shape index (κ2) is 13.0. The normalized spacial score (nSPS) is 10.4.